The number of aromatic nitrogens is 4. The van der Waals surface area contributed by atoms with Gasteiger partial charge >= 0.3 is 0 Å². The van der Waals surface area contributed by atoms with Crippen molar-refractivity contribution in [1.29, 1.82) is 0 Å². The Balaban J connectivity index is 1.53. The predicted octanol–water partition coefficient (Wildman–Crippen LogP) is 4.18. The third-order valence-electron chi connectivity index (χ3n) is 6.40. The van der Waals surface area contributed by atoms with Gasteiger partial charge < -0.3 is 15.6 Å². The van der Waals surface area contributed by atoms with E-state index in [2.05, 4.69) is 23.5 Å². The Morgan fingerprint density at radius 2 is 1.85 bits per heavy atom. The molecule has 1 aliphatic heterocycles. The standard InChI is InChI=1S/C26H28N6O2/c1-3-21(33)31-15-7-14-26(2,16-31)32-25-22(24(27)28-17-29-25)23(30-32)18-10-12-20(13-11-18)34-19-8-5-4-6-9-19/h3-6,8-13,17,21,33H,1,7,14-16H2,2H3,(H2,27,28,29)/t21?,26-/m0/s1. The molecule has 0 bridgehead atoms. The Morgan fingerprint density at radius 3 is 2.59 bits per heavy atom. The number of benzene rings is 2. The van der Waals surface area contributed by atoms with Crippen molar-refractivity contribution >= 4 is 16.9 Å². The Bertz CT molecular complexity index is 1300. The number of hydrogen-bond acceptors (Lipinski definition) is 7. The van der Waals surface area contributed by atoms with E-state index in [9.17, 15) is 5.11 Å². The van der Waals surface area contributed by atoms with Crippen molar-refractivity contribution in [2.24, 2.45) is 0 Å². The van der Waals surface area contributed by atoms with Crippen LogP contribution in [0.15, 0.2) is 73.6 Å². The molecule has 174 valence electrons. The summed E-state index contributed by atoms with van der Waals surface area (Å²) < 4.78 is 7.88. The maximum atomic E-state index is 10.4. The molecular formula is C26H28N6O2. The minimum absolute atomic E-state index is 0.379. The molecule has 0 amide bonds. The summed E-state index contributed by atoms with van der Waals surface area (Å²) in [5.74, 6) is 1.90. The van der Waals surface area contributed by atoms with Gasteiger partial charge in [0, 0.05) is 18.7 Å². The highest BCUT2D eigenvalue weighted by atomic mass is 16.5. The Kier molecular flexibility index (Phi) is 5.77. The van der Waals surface area contributed by atoms with Crippen LogP contribution in [0.1, 0.15) is 19.8 Å². The SMILES string of the molecule is C=CC(O)N1CCC[C@](C)(n2nc(-c3ccc(Oc4ccccc4)cc3)c3c(N)ncnc32)C1. The molecule has 2 aromatic carbocycles. The van der Waals surface area contributed by atoms with Crippen LogP contribution in [0.5, 0.6) is 11.5 Å². The summed E-state index contributed by atoms with van der Waals surface area (Å²) in [4.78, 5) is 10.8. The molecular weight excluding hydrogens is 428 g/mol. The monoisotopic (exact) mass is 456 g/mol. The van der Waals surface area contributed by atoms with Gasteiger partial charge in [-0.15, -0.1) is 0 Å². The molecule has 2 aromatic heterocycles. The van der Waals surface area contributed by atoms with Crippen LogP contribution in [0.2, 0.25) is 0 Å². The smallest absolute Gasteiger partial charge is 0.164 e. The van der Waals surface area contributed by atoms with Gasteiger partial charge in [0.05, 0.1) is 10.9 Å². The van der Waals surface area contributed by atoms with E-state index in [1.165, 1.54) is 6.33 Å². The summed E-state index contributed by atoms with van der Waals surface area (Å²) in [7, 11) is 0. The third-order valence-corrected chi connectivity index (χ3v) is 6.40. The molecule has 1 unspecified atom stereocenters. The van der Waals surface area contributed by atoms with Crippen LogP contribution in [0, 0.1) is 0 Å². The van der Waals surface area contributed by atoms with E-state index in [1.807, 2.05) is 64.2 Å². The highest BCUT2D eigenvalue weighted by Crippen LogP contribution is 2.37. The number of aliphatic hydroxyl groups is 1. The van der Waals surface area contributed by atoms with Gasteiger partial charge in [0.25, 0.3) is 0 Å². The van der Waals surface area contributed by atoms with Crippen molar-refractivity contribution in [1.82, 2.24) is 24.6 Å². The van der Waals surface area contributed by atoms with Gasteiger partial charge in [0.2, 0.25) is 0 Å². The molecule has 0 saturated carbocycles. The molecule has 4 aromatic rings. The quantitative estimate of drug-likeness (QED) is 0.420. The summed E-state index contributed by atoms with van der Waals surface area (Å²) in [6, 6.07) is 17.4. The van der Waals surface area contributed by atoms with Crippen LogP contribution in [0.3, 0.4) is 0 Å². The number of nitrogen functional groups attached to an aromatic ring is 1. The zero-order valence-electron chi connectivity index (χ0n) is 19.1. The molecule has 34 heavy (non-hydrogen) atoms. The summed E-state index contributed by atoms with van der Waals surface area (Å²) in [5, 5.41) is 16.1. The second kappa shape index (κ2) is 8.89. The molecule has 8 nitrogen and oxygen atoms in total. The topological polar surface area (TPSA) is 102 Å². The second-order valence-corrected chi connectivity index (χ2v) is 8.88. The highest BCUT2D eigenvalue weighted by molar-refractivity contribution is 5.98. The van der Waals surface area contributed by atoms with E-state index in [1.54, 1.807) is 6.08 Å². The molecule has 1 fully saturated rings. The van der Waals surface area contributed by atoms with Gasteiger partial charge in [-0.3, -0.25) is 4.90 Å². The molecule has 0 radical (unpaired) electrons. The highest BCUT2D eigenvalue weighted by Gasteiger charge is 2.37. The summed E-state index contributed by atoms with van der Waals surface area (Å²) in [6.45, 7) is 7.29. The normalized spacial score (nSPS) is 19.7. The lowest BCUT2D eigenvalue weighted by Gasteiger charge is -2.42. The van der Waals surface area contributed by atoms with Gasteiger partial charge in [-0.25, -0.2) is 14.6 Å². The van der Waals surface area contributed by atoms with Crippen LogP contribution >= 0.6 is 0 Å². The van der Waals surface area contributed by atoms with Crippen molar-refractivity contribution in [3.63, 3.8) is 0 Å². The molecule has 3 heterocycles. The van der Waals surface area contributed by atoms with Crippen LogP contribution in [0.25, 0.3) is 22.3 Å². The number of likely N-dealkylation sites (tertiary alicyclic amines) is 1. The molecule has 0 aliphatic carbocycles. The number of rotatable bonds is 6. The Labute approximate surface area is 198 Å². The van der Waals surface area contributed by atoms with Gasteiger partial charge in [-0.2, -0.15) is 5.10 Å². The Morgan fingerprint density at radius 1 is 1.12 bits per heavy atom. The van der Waals surface area contributed by atoms with Gasteiger partial charge in [-0.1, -0.05) is 24.8 Å². The molecule has 2 atom stereocenters. The van der Waals surface area contributed by atoms with E-state index in [4.69, 9.17) is 15.6 Å². The maximum Gasteiger partial charge on any atom is 0.164 e. The van der Waals surface area contributed by atoms with Crippen molar-refractivity contribution < 1.29 is 9.84 Å². The third kappa shape index (κ3) is 4.02. The average Bonchev–Trinajstić information content (AvgIpc) is 3.27. The summed E-state index contributed by atoms with van der Waals surface area (Å²) >= 11 is 0. The zero-order chi connectivity index (χ0) is 23.7. The number of hydrogen-bond donors (Lipinski definition) is 2. The first-order valence-corrected chi connectivity index (χ1v) is 11.4. The fraction of sp³-hybridized carbons (Fsp3) is 0.269. The predicted molar refractivity (Wildman–Crippen MR) is 132 cm³/mol. The first kappa shape index (κ1) is 22.1. The largest absolute Gasteiger partial charge is 0.457 e. The average molecular weight is 457 g/mol. The van der Waals surface area contributed by atoms with E-state index in [-0.39, 0.29) is 5.54 Å². The fourth-order valence-corrected chi connectivity index (χ4v) is 4.66. The summed E-state index contributed by atoms with van der Waals surface area (Å²) in [6.07, 6.45) is 4.15. The number of nitrogens with two attached hydrogens (primary N) is 1. The van der Waals surface area contributed by atoms with Crippen LogP contribution < -0.4 is 10.5 Å². The van der Waals surface area contributed by atoms with Gasteiger partial charge in [0.1, 0.15) is 35.6 Å². The van der Waals surface area contributed by atoms with Crippen LogP contribution in [-0.2, 0) is 5.54 Å². The number of ether oxygens (including phenoxy) is 1. The van der Waals surface area contributed by atoms with Gasteiger partial charge in [0.15, 0.2) is 5.65 Å². The van der Waals surface area contributed by atoms with E-state index < -0.39 is 6.23 Å². The van der Waals surface area contributed by atoms with Crippen molar-refractivity contribution in [2.45, 2.75) is 31.5 Å². The number of piperidine rings is 1. The second-order valence-electron chi connectivity index (χ2n) is 8.88. The van der Waals surface area contributed by atoms with E-state index in [0.29, 0.717) is 18.0 Å². The first-order valence-electron chi connectivity index (χ1n) is 11.4. The number of aliphatic hydroxyl groups excluding tert-OH is 1. The van der Waals surface area contributed by atoms with Crippen molar-refractivity contribution in [2.75, 3.05) is 18.8 Å². The van der Waals surface area contributed by atoms with Crippen molar-refractivity contribution in [3.8, 4) is 22.8 Å². The number of para-hydroxylation sites is 1. The first-order chi connectivity index (χ1) is 16.5. The Hall–Kier alpha value is -3.75. The lowest BCUT2D eigenvalue weighted by molar-refractivity contribution is -0.0123. The van der Waals surface area contributed by atoms with Crippen molar-refractivity contribution in [3.05, 3.63) is 73.6 Å². The minimum Gasteiger partial charge on any atom is -0.457 e. The zero-order valence-corrected chi connectivity index (χ0v) is 19.1. The molecule has 0 spiro atoms. The molecule has 1 aliphatic rings. The number of fused-ring (bicyclic) bond motifs is 1. The minimum atomic E-state index is -0.697. The van der Waals surface area contributed by atoms with Gasteiger partial charge in [-0.05, 0) is 62.2 Å². The molecule has 1 saturated heterocycles. The lowest BCUT2D eigenvalue weighted by Crippen LogP contribution is -2.51. The van der Waals surface area contributed by atoms with E-state index >= 15 is 0 Å². The molecule has 8 heteroatoms. The van der Waals surface area contributed by atoms with E-state index in [0.717, 1.165) is 47.5 Å². The lowest BCUT2D eigenvalue weighted by atomic mass is 9.91. The summed E-state index contributed by atoms with van der Waals surface area (Å²) in [5.41, 5.74) is 8.24. The van der Waals surface area contributed by atoms with Crippen LogP contribution in [0.4, 0.5) is 5.82 Å². The fourth-order valence-electron chi connectivity index (χ4n) is 4.66. The molecule has 5 rings (SSSR count). The molecule has 3 N–H and O–H groups in total. The number of anilines is 1. The van der Waals surface area contributed by atoms with Crippen LogP contribution in [-0.4, -0.2) is 49.1 Å². The maximum absolute atomic E-state index is 10.4. The number of nitrogens with zero attached hydrogens (tertiary/aromatic N) is 5.